The quantitative estimate of drug-likeness (QED) is 0.215. The van der Waals surface area contributed by atoms with Crippen molar-refractivity contribution in [3.63, 3.8) is 0 Å². The molecule has 0 amide bonds. The lowest BCUT2D eigenvalue weighted by Crippen LogP contribution is -2.16. The van der Waals surface area contributed by atoms with Gasteiger partial charge in [0.1, 0.15) is 6.61 Å². The Kier molecular flexibility index (Phi) is 13.9. The van der Waals surface area contributed by atoms with E-state index in [1.165, 1.54) is 16.7 Å². The number of carbonyl (C=O) groups excluding carboxylic acids is 1. The van der Waals surface area contributed by atoms with E-state index >= 15 is 0 Å². The summed E-state index contributed by atoms with van der Waals surface area (Å²) in [6.45, 7) is 10.3. The largest absolute Gasteiger partial charge is 0.479 e. The number of hydrogen-bond acceptors (Lipinski definition) is 5. The smallest absolute Gasteiger partial charge is 0.324 e. The van der Waals surface area contributed by atoms with Crippen molar-refractivity contribution < 1.29 is 32.5 Å². The number of hydrogen-bond donors (Lipinski definition) is 2. The third-order valence-electron chi connectivity index (χ3n) is 4.39. The molecule has 30 heavy (non-hydrogen) atoms. The summed E-state index contributed by atoms with van der Waals surface area (Å²) >= 11 is 0. The van der Waals surface area contributed by atoms with Crippen LogP contribution in [0.4, 0.5) is 0 Å². The van der Waals surface area contributed by atoms with Crippen molar-refractivity contribution in [2.45, 2.75) is 73.1 Å². The second-order valence-electron chi connectivity index (χ2n) is 8.03. The van der Waals surface area contributed by atoms with Gasteiger partial charge in [0.25, 0.3) is 0 Å². The number of allylic oxidation sites excluding steroid dienone is 6. The van der Waals surface area contributed by atoms with Crippen molar-refractivity contribution in [2.24, 2.45) is 5.92 Å². The topological polar surface area (TPSA) is 110 Å². The predicted molar refractivity (Wildman–Crippen MR) is 121 cm³/mol. The Balaban J connectivity index is 4.25. The van der Waals surface area contributed by atoms with Gasteiger partial charge >= 0.3 is 15.4 Å². The highest BCUT2D eigenvalue weighted by Crippen LogP contribution is 2.57. The molecule has 0 fully saturated rings. The summed E-state index contributed by atoms with van der Waals surface area (Å²) in [5.41, 5.74) is 4.00. The maximum Gasteiger partial charge on any atom is 0.479 e. The lowest BCUT2D eigenvalue weighted by atomic mass is 9.99. The van der Waals surface area contributed by atoms with Crippen molar-refractivity contribution in [1.29, 1.82) is 0 Å². The molecule has 174 valence electrons. The standard InChI is InChI=1S/C21H38O7P2/c1-17(2)10-7-11-18(3)12-8-13-19(4)14-9-15-20(5)21(22)16-27-30(25,26)28-29(6,23)24/h10,12,14,20H,7-9,11,13,15-16H2,1-6H3,(H,23,24)(H,25,26)/b18-12+,19-14+. The SMILES string of the molecule is CC(C)=CCC/C(C)=C/CC/C(C)=C/CCC(C)C(=O)COP(=O)(O)OP(C)(=O)O. The minimum atomic E-state index is -4.74. The molecular formula is C21H38O7P2. The van der Waals surface area contributed by atoms with Crippen LogP contribution < -0.4 is 0 Å². The molecule has 0 aromatic carbocycles. The number of phosphoric acid groups is 1. The molecule has 0 saturated carbocycles. The van der Waals surface area contributed by atoms with Crippen molar-refractivity contribution in [2.75, 3.05) is 13.3 Å². The number of ketones is 1. The zero-order chi connectivity index (χ0) is 23.4. The summed E-state index contributed by atoms with van der Waals surface area (Å²) in [5.74, 6) is -0.730. The van der Waals surface area contributed by atoms with E-state index in [0.29, 0.717) is 6.42 Å². The monoisotopic (exact) mass is 464 g/mol. The maximum atomic E-state index is 12.0. The van der Waals surface area contributed by atoms with Gasteiger partial charge in [-0.15, -0.1) is 0 Å². The molecular weight excluding hydrogens is 426 g/mol. The lowest BCUT2D eigenvalue weighted by Gasteiger charge is -2.14. The Morgan fingerprint density at radius 1 is 0.933 bits per heavy atom. The number of carbonyl (C=O) groups is 1. The molecule has 0 aromatic rings. The predicted octanol–water partition coefficient (Wildman–Crippen LogP) is 6.34. The molecule has 7 nitrogen and oxygen atoms in total. The molecule has 0 aliphatic carbocycles. The second-order valence-corrected chi connectivity index (χ2v) is 11.5. The van der Waals surface area contributed by atoms with Gasteiger partial charge in [-0.3, -0.25) is 13.9 Å². The van der Waals surface area contributed by atoms with Crippen LogP contribution in [0.1, 0.15) is 73.1 Å². The van der Waals surface area contributed by atoms with Crippen LogP contribution in [0.2, 0.25) is 0 Å². The Morgan fingerprint density at radius 2 is 1.43 bits per heavy atom. The van der Waals surface area contributed by atoms with E-state index < -0.39 is 22.0 Å². The van der Waals surface area contributed by atoms with E-state index in [4.69, 9.17) is 4.89 Å². The van der Waals surface area contributed by atoms with Crippen molar-refractivity contribution >= 4 is 21.2 Å². The molecule has 0 spiro atoms. The van der Waals surface area contributed by atoms with Gasteiger partial charge in [-0.2, -0.15) is 0 Å². The van der Waals surface area contributed by atoms with Gasteiger partial charge in [0.15, 0.2) is 5.78 Å². The Hall–Kier alpha value is -0.810. The summed E-state index contributed by atoms with van der Waals surface area (Å²) in [4.78, 5) is 30.3. The van der Waals surface area contributed by atoms with E-state index in [1.54, 1.807) is 6.92 Å². The van der Waals surface area contributed by atoms with Gasteiger partial charge in [-0.1, -0.05) is 41.9 Å². The fourth-order valence-corrected chi connectivity index (χ4v) is 4.59. The summed E-state index contributed by atoms with van der Waals surface area (Å²) in [7, 11) is -8.93. The lowest BCUT2D eigenvalue weighted by molar-refractivity contribution is -0.125. The first-order chi connectivity index (χ1) is 13.7. The minimum absolute atomic E-state index is 0.363. The zero-order valence-corrected chi connectivity index (χ0v) is 20.9. The fourth-order valence-electron chi connectivity index (χ4n) is 2.58. The van der Waals surface area contributed by atoms with E-state index in [9.17, 15) is 18.8 Å². The third kappa shape index (κ3) is 16.9. The van der Waals surface area contributed by atoms with Crippen LogP contribution in [0.5, 0.6) is 0 Å². The van der Waals surface area contributed by atoms with Gasteiger partial charge in [0.2, 0.25) is 0 Å². The molecule has 9 heteroatoms. The maximum absolute atomic E-state index is 12.0. The number of Topliss-reactive ketones (excluding diaryl/α,β-unsaturated/α-hetero) is 1. The summed E-state index contributed by atoms with van der Waals surface area (Å²) in [6, 6.07) is 0. The average Bonchev–Trinajstić information content (AvgIpc) is 2.57. The summed E-state index contributed by atoms with van der Waals surface area (Å²) in [6.07, 6.45) is 12.0. The van der Waals surface area contributed by atoms with Crippen molar-refractivity contribution in [3.05, 3.63) is 34.9 Å². The molecule has 0 heterocycles. The first-order valence-electron chi connectivity index (χ1n) is 10.2. The molecule has 0 aromatic heterocycles. The minimum Gasteiger partial charge on any atom is -0.324 e. The molecule has 0 aliphatic rings. The van der Waals surface area contributed by atoms with Crippen LogP contribution in [0, 0.1) is 5.92 Å². The van der Waals surface area contributed by atoms with Crippen LogP contribution in [0.25, 0.3) is 0 Å². The van der Waals surface area contributed by atoms with Crippen LogP contribution in [-0.4, -0.2) is 28.8 Å². The molecule has 0 bridgehead atoms. The highest BCUT2D eigenvalue weighted by atomic mass is 31.3. The molecule has 3 atom stereocenters. The molecule has 0 aliphatic heterocycles. The van der Waals surface area contributed by atoms with Crippen LogP contribution in [0.15, 0.2) is 34.9 Å². The first-order valence-corrected chi connectivity index (χ1v) is 13.7. The van der Waals surface area contributed by atoms with Gasteiger partial charge in [0.05, 0.1) is 0 Å². The number of phosphoric ester groups is 1. The van der Waals surface area contributed by atoms with Crippen LogP contribution >= 0.6 is 15.4 Å². The van der Waals surface area contributed by atoms with Gasteiger partial charge in [-0.25, -0.2) is 8.88 Å². The van der Waals surface area contributed by atoms with E-state index in [2.05, 4.69) is 54.8 Å². The Morgan fingerprint density at radius 3 is 1.93 bits per heavy atom. The molecule has 2 N–H and O–H groups in total. The number of rotatable bonds is 15. The third-order valence-corrected chi connectivity index (χ3v) is 6.88. The van der Waals surface area contributed by atoms with Gasteiger partial charge in [0, 0.05) is 12.6 Å². The normalized spacial score (nSPS) is 17.7. The molecule has 0 radical (unpaired) electrons. The van der Waals surface area contributed by atoms with Crippen LogP contribution in [0.3, 0.4) is 0 Å². The van der Waals surface area contributed by atoms with E-state index in [1.807, 2.05) is 0 Å². The fraction of sp³-hybridized carbons (Fsp3) is 0.667. The summed E-state index contributed by atoms with van der Waals surface area (Å²) in [5, 5.41) is 0. The van der Waals surface area contributed by atoms with Crippen molar-refractivity contribution in [3.8, 4) is 0 Å². The molecule has 0 rings (SSSR count). The molecule has 0 saturated heterocycles. The Bertz CT molecular complexity index is 728. The molecule has 3 unspecified atom stereocenters. The average molecular weight is 464 g/mol. The zero-order valence-electron chi connectivity index (χ0n) is 19.1. The highest BCUT2D eigenvalue weighted by molar-refractivity contribution is 7.63. The Labute approximate surface area is 181 Å². The van der Waals surface area contributed by atoms with Gasteiger partial charge in [-0.05, 0) is 66.2 Å². The summed E-state index contributed by atoms with van der Waals surface area (Å²) < 4.78 is 31.1. The highest BCUT2D eigenvalue weighted by Gasteiger charge is 2.31. The van der Waals surface area contributed by atoms with Crippen molar-refractivity contribution in [1.82, 2.24) is 0 Å². The van der Waals surface area contributed by atoms with E-state index in [-0.39, 0.29) is 11.7 Å². The van der Waals surface area contributed by atoms with E-state index in [0.717, 1.165) is 38.8 Å². The van der Waals surface area contributed by atoms with Gasteiger partial charge < -0.3 is 9.79 Å². The second kappa shape index (κ2) is 14.3. The first kappa shape index (κ1) is 29.2. The van der Waals surface area contributed by atoms with Crippen LogP contribution in [-0.2, 0) is 22.8 Å².